The van der Waals surface area contributed by atoms with Crippen molar-refractivity contribution in [2.75, 3.05) is 11.5 Å². The molecule has 0 saturated heterocycles. The van der Waals surface area contributed by atoms with Crippen LogP contribution in [0.5, 0.6) is 0 Å². The third-order valence-corrected chi connectivity index (χ3v) is 6.61. The lowest BCUT2D eigenvalue weighted by Gasteiger charge is -2.26. The van der Waals surface area contributed by atoms with Crippen LogP contribution in [0.25, 0.3) is 22.3 Å². The zero-order valence-electron chi connectivity index (χ0n) is 20.8. The SMILES string of the molecule is O=COCCCc1ccc(N(c2ccc(-c3ccc(Cl)nc3)cc2)c2cccc(-c3ccccc3)c2)cc1. The first-order valence-corrected chi connectivity index (χ1v) is 12.9. The smallest absolute Gasteiger partial charge is 0.293 e. The molecule has 0 aliphatic rings. The summed E-state index contributed by atoms with van der Waals surface area (Å²) < 4.78 is 4.83. The number of anilines is 3. The Labute approximate surface area is 228 Å². The lowest BCUT2D eigenvalue weighted by Crippen LogP contribution is -2.10. The average Bonchev–Trinajstić information content (AvgIpc) is 2.98. The van der Waals surface area contributed by atoms with E-state index in [1.807, 2.05) is 12.1 Å². The Bertz CT molecular complexity index is 1470. The number of rotatable bonds is 10. The van der Waals surface area contributed by atoms with E-state index >= 15 is 0 Å². The van der Waals surface area contributed by atoms with Crippen LogP contribution in [0, 0.1) is 0 Å². The van der Waals surface area contributed by atoms with Gasteiger partial charge in [-0.2, -0.15) is 0 Å². The van der Waals surface area contributed by atoms with Gasteiger partial charge >= 0.3 is 0 Å². The highest BCUT2D eigenvalue weighted by atomic mass is 35.5. The minimum Gasteiger partial charge on any atom is -0.468 e. The summed E-state index contributed by atoms with van der Waals surface area (Å²) >= 11 is 5.97. The zero-order chi connectivity index (χ0) is 26.2. The van der Waals surface area contributed by atoms with Gasteiger partial charge in [0.1, 0.15) is 5.15 Å². The molecule has 0 bridgehead atoms. The molecule has 0 atom stereocenters. The van der Waals surface area contributed by atoms with Gasteiger partial charge in [0.15, 0.2) is 0 Å². The molecule has 0 aliphatic heterocycles. The maximum absolute atomic E-state index is 10.4. The molecule has 1 aromatic heterocycles. The van der Waals surface area contributed by atoms with Gasteiger partial charge in [-0.05, 0) is 83.6 Å². The largest absolute Gasteiger partial charge is 0.468 e. The van der Waals surface area contributed by atoms with Crippen LogP contribution in [0.4, 0.5) is 17.1 Å². The highest BCUT2D eigenvalue weighted by Crippen LogP contribution is 2.37. The molecule has 0 fully saturated rings. The Morgan fingerprint density at radius 1 is 0.684 bits per heavy atom. The molecule has 0 radical (unpaired) electrons. The van der Waals surface area contributed by atoms with E-state index in [0.717, 1.165) is 46.6 Å². The number of aryl methyl sites for hydroxylation is 1. The van der Waals surface area contributed by atoms with Gasteiger partial charge in [0.2, 0.25) is 0 Å². The first-order valence-electron chi connectivity index (χ1n) is 12.5. The molecule has 188 valence electrons. The standard InChI is InChI=1S/C33H27ClN2O2/c34-33-20-15-29(23-35-33)27-13-18-31(19-14-27)36(30-16-11-25(12-17-30)6-5-21-38-24-37)32-10-4-9-28(22-32)26-7-2-1-3-8-26/h1-4,7-20,22-24H,5-6,21H2. The van der Waals surface area contributed by atoms with Gasteiger partial charge in [0.05, 0.1) is 6.61 Å². The Morgan fingerprint density at radius 3 is 2.03 bits per heavy atom. The van der Waals surface area contributed by atoms with Crippen LogP contribution < -0.4 is 4.90 Å². The van der Waals surface area contributed by atoms with Crippen molar-refractivity contribution in [1.29, 1.82) is 0 Å². The number of nitrogens with zero attached hydrogens (tertiary/aromatic N) is 2. The molecule has 4 nitrogen and oxygen atoms in total. The number of hydrogen-bond donors (Lipinski definition) is 0. The van der Waals surface area contributed by atoms with E-state index in [0.29, 0.717) is 18.2 Å². The molecule has 0 spiro atoms. The number of carbonyl (C=O) groups excluding carboxylic acids is 1. The van der Waals surface area contributed by atoms with Crippen LogP contribution in [0.3, 0.4) is 0 Å². The molecule has 0 saturated carbocycles. The van der Waals surface area contributed by atoms with E-state index in [4.69, 9.17) is 16.3 Å². The number of halogens is 1. The molecular weight excluding hydrogens is 492 g/mol. The minimum atomic E-state index is 0.430. The molecule has 5 aromatic rings. The second-order valence-electron chi connectivity index (χ2n) is 8.91. The van der Waals surface area contributed by atoms with Crippen molar-refractivity contribution in [3.63, 3.8) is 0 Å². The van der Waals surface area contributed by atoms with Crippen LogP contribution in [0.15, 0.2) is 121 Å². The molecular formula is C33H27ClN2O2. The molecule has 0 amide bonds. The Balaban J connectivity index is 1.49. The summed E-state index contributed by atoms with van der Waals surface area (Å²) in [5.41, 5.74) is 8.80. The summed E-state index contributed by atoms with van der Waals surface area (Å²) in [5, 5.41) is 0.481. The number of benzene rings is 4. The number of ether oxygens (including phenoxy) is 1. The maximum atomic E-state index is 10.4. The van der Waals surface area contributed by atoms with Crippen LogP contribution in [-0.2, 0) is 16.0 Å². The van der Waals surface area contributed by atoms with Crippen LogP contribution >= 0.6 is 11.6 Å². The Hall–Kier alpha value is -4.41. The Morgan fingerprint density at radius 2 is 1.34 bits per heavy atom. The first kappa shape index (κ1) is 25.2. The minimum absolute atomic E-state index is 0.430. The normalized spacial score (nSPS) is 10.7. The van der Waals surface area contributed by atoms with Gasteiger partial charge in [0.25, 0.3) is 6.47 Å². The summed E-state index contributed by atoms with van der Waals surface area (Å²) in [7, 11) is 0. The quantitative estimate of drug-likeness (QED) is 0.105. The molecule has 0 aliphatic carbocycles. The van der Waals surface area contributed by atoms with Crippen molar-refractivity contribution in [1.82, 2.24) is 4.98 Å². The fourth-order valence-electron chi connectivity index (χ4n) is 4.47. The number of carbonyl (C=O) groups is 1. The second kappa shape index (κ2) is 12.2. The molecule has 4 aromatic carbocycles. The lowest BCUT2D eigenvalue weighted by molar-refractivity contribution is -0.128. The fraction of sp³-hybridized carbons (Fsp3) is 0.0909. The molecule has 5 heteroatoms. The van der Waals surface area contributed by atoms with E-state index in [2.05, 4.69) is 107 Å². The highest BCUT2D eigenvalue weighted by Gasteiger charge is 2.14. The van der Waals surface area contributed by atoms with Crippen LogP contribution in [-0.4, -0.2) is 18.1 Å². The number of aromatic nitrogens is 1. The van der Waals surface area contributed by atoms with E-state index < -0.39 is 0 Å². The van der Waals surface area contributed by atoms with Gasteiger partial charge < -0.3 is 9.64 Å². The first-order chi connectivity index (χ1) is 18.7. The second-order valence-corrected chi connectivity index (χ2v) is 9.29. The van der Waals surface area contributed by atoms with Crippen LogP contribution in [0.2, 0.25) is 5.15 Å². The Kier molecular flexibility index (Phi) is 8.12. The molecule has 1 heterocycles. The lowest BCUT2D eigenvalue weighted by atomic mass is 10.0. The number of hydrogen-bond acceptors (Lipinski definition) is 4. The predicted octanol–water partition coefficient (Wildman–Crippen LogP) is 8.64. The highest BCUT2D eigenvalue weighted by molar-refractivity contribution is 6.29. The predicted molar refractivity (Wildman–Crippen MR) is 155 cm³/mol. The van der Waals surface area contributed by atoms with Crippen molar-refractivity contribution in [2.24, 2.45) is 0 Å². The van der Waals surface area contributed by atoms with Crippen molar-refractivity contribution in [2.45, 2.75) is 12.8 Å². The van der Waals surface area contributed by atoms with Gasteiger partial charge in [-0.1, -0.05) is 78.3 Å². The van der Waals surface area contributed by atoms with E-state index in [9.17, 15) is 4.79 Å². The molecule has 5 rings (SSSR count). The summed E-state index contributed by atoms with van der Waals surface area (Å²) in [6, 6.07) is 39.8. The zero-order valence-corrected chi connectivity index (χ0v) is 21.6. The van der Waals surface area contributed by atoms with E-state index in [-0.39, 0.29) is 0 Å². The molecule has 0 unspecified atom stereocenters. The summed E-state index contributed by atoms with van der Waals surface area (Å²) in [6.07, 6.45) is 3.43. The van der Waals surface area contributed by atoms with E-state index in [1.165, 1.54) is 11.1 Å². The van der Waals surface area contributed by atoms with Gasteiger partial charge in [-0.15, -0.1) is 0 Å². The van der Waals surface area contributed by atoms with Crippen LogP contribution in [0.1, 0.15) is 12.0 Å². The summed E-state index contributed by atoms with van der Waals surface area (Å²) in [6.45, 7) is 0.929. The van der Waals surface area contributed by atoms with Gasteiger partial charge in [-0.25, -0.2) is 4.98 Å². The van der Waals surface area contributed by atoms with Gasteiger partial charge in [0, 0.05) is 28.8 Å². The topological polar surface area (TPSA) is 42.4 Å². The summed E-state index contributed by atoms with van der Waals surface area (Å²) in [4.78, 5) is 16.9. The average molecular weight is 519 g/mol. The van der Waals surface area contributed by atoms with Crippen molar-refractivity contribution in [3.05, 3.63) is 132 Å². The molecule has 38 heavy (non-hydrogen) atoms. The van der Waals surface area contributed by atoms with Gasteiger partial charge in [-0.3, -0.25) is 4.79 Å². The van der Waals surface area contributed by atoms with Crippen molar-refractivity contribution < 1.29 is 9.53 Å². The molecule has 0 N–H and O–H groups in total. The third kappa shape index (κ3) is 6.10. The van der Waals surface area contributed by atoms with E-state index in [1.54, 1.807) is 12.3 Å². The van der Waals surface area contributed by atoms with Crippen molar-refractivity contribution >= 4 is 35.1 Å². The maximum Gasteiger partial charge on any atom is 0.293 e. The van der Waals surface area contributed by atoms with Crippen molar-refractivity contribution in [3.8, 4) is 22.3 Å². The number of pyridine rings is 1. The third-order valence-electron chi connectivity index (χ3n) is 6.39. The summed E-state index contributed by atoms with van der Waals surface area (Å²) in [5.74, 6) is 0. The fourth-order valence-corrected chi connectivity index (χ4v) is 4.58. The monoisotopic (exact) mass is 518 g/mol.